The third-order valence-corrected chi connectivity index (χ3v) is 5.68. The Hall–Kier alpha value is -0.0651. The first-order valence-corrected chi connectivity index (χ1v) is 7.01. The van der Waals surface area contributed by atoms with E-state index < -0.39 is 0 Å². The van der Waals surface area contributed by atoms with E-state index in [-0.39, 0.29) is 0 Å². The van der Waals surface area contributed by atoms with Gasteiger partial charge in [0.25, 0.3) is 0 Å². The molecule has 0 aromatic rings. The summed E-state index contributed by atoms with van der Waals surface area (Å²) >= 11 is 0. The number of hydrogen-bond acceptors (Lipinski definition) is 0. The number of rotatable bonds is 0. The molecule has 0 heterocycles. The van der Waals surface area contributed by atoms with Crippen LogP contribution < -0.4 is 0 Å². The molecule has 0 saturated heterocycles. The van der Waals surface area contributed by atoms with Gasteiger partial charge in [0.1, 0.15) is 0 Å². The van der Waals surface area contributed by atoms with E-state index in [9.17, 15) is 0 Å². The highest BCUT2D eigenvalue weighted by Crippen LogP contribution is 2.60. The lowest BCUT2D eigenvalue weighted by Crippen LogP contribution is -2.35. The van der Waals surface area contributed by atoms with E-state index in [0.29, 0.717) is 7.85 Å². The predicted octanol–water partition coefficient (Wildman–Crippen LogP) is 3.29. The molecule has 0 aliphatic heterocycles. The van der Waals surface area contributed by atoms with E-state index in [0.717, 1.165) is 23.2 Å². The van der Waals surface area contributed by atoms with Crippen molar-refractivity contribution in [2.75, 3.05) is 0 Å². The summed E-state index contributed by atoms with van der Waals surface area (Å²) in [7, 11) is 0.566. The van der Waals surface area contributed by atoms with Crippen LogP contribution in [0.1, 0.15) is 64.7 Å². The minimum Gasteiger partial charge on any atom is -0.115 e. The van der Waals surface area contributed by atoms with Gasteiger partial charge in [-0.15, -0.1) is 5.82 Å². The Kier molecular flexibility index (Phi) is 2.76. The minimum absolute atomic E-state index is 0.566. The van der Waals surface area contributed by atoms with Gasteiger partial charge in [0, 0.05) is 12.8 Å². The van der Waals surface area contributed by atoms with Gasteiger partial charge < -0.3 is 0 Å². The molecule has 3 fully saturated rings. The fourth-order valence-corrected chi connectivity index (χ4v) is 4.65. The van der Waals surface area contributed by atoms with E-state index in [1.165, 1.54) is 12.8 Å². The minimum atomic E-state index is 0.566. The molecule has 3 saturated carbocycles. The van der Waals surface area contributed by atoms with E-state index >= 15 is 0 Å². The lowest BCUT2D eigenvalue weighted by molar-refractivity contribution is 0.0725. The van der Waals surface area contributed by atoms with Crippen LogP contribution in [0.2, 0.25) is 0 Å². The van der Waals surface area contributed by atoms with Gasteiger partial charge in [0.2, 0.25) is 0 Å². The van der Waals surface area contributed by atoms with Crippen LogP contribution in [-0.4, -0.2) is 7.85 Å². The maximum atomic E-state index is 2.47. The normalized spacial score (nSPS) is 48.4. The molecular weight excluding hydrogens is 191 g/mol. The molecule has 3 rings (SSSR count). The Balaban J connectivity index is 1.73. The molecule has 1 spiro atoms. The fraction of sp³-hybridized carbons (Fsp3) is 0.933. The van der Waals surface area contributed by atoms with Crippen LogP contribution in [0.25, 0.3) is 0 Å². The van der Waals surface area contributed by atoms with Gasteiger partial charge in [-0.3, -0.25) is 0 Å². The van der Waals surface area contributed by atoms with Crippen molar-refractivity contribution in [2.24, 2.45) is 23.2 Å². The topological polar surface area (TPSA) is 0 Å². The van der Waals surface area contributed by atoms with Crippen LogP contribution in [-0.2, 0) is 0 Å². The van der Waals surface area contributed by atoms with Crippen LogP contribution in [0, 0.1) is 29.0 Å². The first-order valence-electron chi connectivity index (χ1n) is 7.01. The van der Waals surface area contributed by atoms with E-state index in [4.69, 9.17) is 0 Å². The van der Waals surface area contributed by atoms with Gasteiger partial charge in [-0.2, -0.15) is 0 Å². The molecule has 90 valence electrons. The van der Waals surface area contributed by atoms with Crippen LogP contribution in [0.3, 0.4) is 0 Å². The molecular formula is C15H27B. The second-order valence-corrected chi connectivity index (χ2v) is 6.44. The lowest BCUT2D eigenvalue weighted by atomic mass is 9.58. The average molecular weight is 218 g/mol. The Labute approximate surface area is 102 Å². The number of hydrogen-bond donors (Lipinski definition) is 0. The molecule has 0 aromatic carbocycles. The van der Waals surface area contributed by atoms with E-state index in [1.54, 1.807) is 44.9 Å². The lowest BCUT2D eigenvalue weighted by Gasteiger charge is -2.44. The first kappa shape index (κ1) is 11.0. The van der Waals surface area contributed by atoms with Crippen LogP contribution >= 0.6 is 0 Å². The van der Waals surface area contributed by atoms with Gasteiger partial charge in [-0.05, 0) is 55.3 Å². The molecule has 2 atom stereocenters. The number of fused-ring (bicyclic) bond motifs is 2. The SMILES string of the molecule is [BH3-][C+]1CCC2C(CCC23CCC(C)CC3)C1. The van der Waals surface area contributed by atoms with Gasteiger partial charge in [0.15, 0.2) is 7.85 Å². The Morgan fingerprint density at radius 1 is 1.06 bits per heavy atom. The molecule has 3 aliphatic carbocycles. The molecule has 1 heteroatoms. The highest BCUT2D eigenvalue weighted by Gasteiger charge is 2.51. The van der Waals surface area contributed by atoms with E-state index in [2.05, 4.69) is 6.92 Å². The Morgan fingerprint density at radius 2 is 1.75 bits per heavy atom. The van der Waals surface area contributed by atoms with E-state index in [1.807, 2.05) is 5.82 Å². The molecule has 0 bridgehead atoms. The third kappa shape index (κ3) is 1.71. The quantitative estimate of drug-likeness (QED) is 0.432. The highest BCUT2D eigenvalue weighted by molar-refractivity contribution is 6.18. The van der Waals surface area contributed by atoms with Crippen LogP contribution in [0.4, 0.5) is 0 Å². The monoisotopic (exact) mass is 218 g/mol. The highest BCUT2D eigenvalue weighted by atomic mass is 14.5. The maximum Gasteiger partial charge on any atom is 0.158 e. The van der Waals surface area contributed by atoms with Crippen LogP contribution in [0.15, 0.2) is 0 Å². The van der Waals surface area contributed by atoms with Crippen molar-refractivity contribution in [1.29, 1.82) is 0 Å². The van der Waals surface area contributed by atoms with Gasteiger partial charge in [-0.1, -0.05) is 19.8 Å². The van der Waals surface area contributed by atoms with Crippen molar-refractivity contribution in [3.05, 3.63) is 5.82 Å². The standard InChI is InChI=1S/C15H27B/c1-11-4-7-15(8-5-11)9-6-12-10-13(16)2-3-14(12)15/h11-12,14H,2-10H2,1,16H3. The maximum absolute atomic E-state index is 2.47. The zero-order chi connectivity index (χ0) is 11.2. The zero-order valence-electron chi connectivity index (χ0n) is 10.1. The van der Waals surface area contributed by atoms with Crippen molar-refractivity contribution >= 4 is 7.85 Å². The second-order valence-electron chi connectivity index (χ2n) is 6.44. The summed E-state index contributed by atoms with van der Waals surface area (Å²) in [5.74, 6) is 5.37. The first-order chi connectivity index (χ1) is 7.70. The molecule has 0 aromatic heterocycles. The summed E-state index contributed by atoms with van der Waals surface area (Å²) in [5, 5.41) is 0. The van der Waals surface area contributed by atoms with Gasteiger partial charge >= 0.3 is 0 Å². The smallest absolute Gasteiger partial charge is 0.115 e. The predicted molar refractivity (Wildman–Crippen MR) is 73.3 cm³/mol. The fourth-order valence-electron chi connectivity index (χ4n) is 4.65. The summed E-state index contributed by atoms with van der Waals surface area (Å²) in [6.07, 6.45) is 14.2. The van der Waals surface area contributed by atoms with Gasteiger partial charge in [0.05, 0.1) is 0 Å². The summed E-state index contributed by atoms with van der Waals surface area (Å²) < 4.78 is 0. The molecule has 3 aliphatic rings. The summed E-state index contributed by atoms with van der Waals surface area (Å²) in [5.41, 5.74) is 0.845. The van der Waals surface area contributed by atoms with Crippen molar-refractivity contribution in [3.63, 3.8) is 0 Å². The van der Waals surface area contributed by atoms with Gasteiger partial charge in [-0.25, -0.2) is 0 Å². The van der Waals surface area contributed by atoms with Crippen molar-refractivity contribution < 1.29 is 0 Å². The molecule has 0 amide bonds. The summed E-state index contributed by atoms with van der Waals surface area (Å²) in [6.45, 7) is 2.47. The molecule has 0 radical (unpaired) electrons. The average Bonchev–Trinajstić information content (AvgIpc) is 2.62. The van der Waals surface area contributed by atoms with Crippen LogP contribution in [0.5, 0.6) is 0 Å². The second kappa shape index (κ2) is 4.00. The van der Waals surface area contributed by atoms with Crippen molar-refractivity contribution in [3.8, 4) is 0 Å². The zero-order valence-corrected chi connectivity index (χ0v) is 10.1. The molecule has 16 heavy (non-hydrogen) atoms. The Bertz CT molecular complexity index is 252. The largest absolute Gasteiger partial charge is 0.158 e. The Morgan fingerprint density at radius 3 is 2.50 bits per heavy atom. The molecule has 2 unspecified atom stereocenters. The van der Waals surface area contributed by atoms with Crippen molar-refractivity contribution in [2.45, 2.75) is 64.7 Å². The summed E-state index contributed by atoms with van der Waals surface area (Å²) in [4.78, 5) is 0. The molecule has 0 nitrogen and oxygen atoms in total. The third-order valence-electron chi connectivity index (χ3n) is 5.68. The summed E-state index contributed by atoms with van der Waals surface area (Å²) in [6, 6.07) is 0. The molecule has 0 N–H and O–H groups in total. The van der Waals surface area contributed by atoms with Crippen molar-refractivity contribution in [1.82, 2.24) is 0 Å².